The van der Waals surface area contributed by atoms with Crippen LogP contribution in [0.5, 0.6) is 5.75 Å². The van der Waals surface area contributed by atoms with Crippen LogP contribution in [0.15, 0.2) is 48.5 Å². The number of phenols is 1. The van der Waals surface area contributed by atoms with Gasteiger partial charge >= 0.3 is 0 Å². The van der Waals surface area contributed by atoms with E-state index in [1.165, 1.54) is 6.07 Å². The van der Waals surface area contributed by atoms with Crippen LogP contribution in [0, 0.1) is 5.92 Å². The minimum atomic E-state index is -0.199. The number of phenolic OH excluding ortho intramolecular Hbond substituents is 1. The minimum Gasteiger partial charge on any atom is -0.507 e. The van der Waals surface area contributed by atoms with Gasteiger partial charge in [0, 0.05) is 29.7 Å². The Bertz CT molecular complexity index is 768. The van der Waals surface area contributed by atoms with Crippen LogP contribution in [0.1, 0.15) is 23.2 Å². The summed E-state index contributed by atoms with van der Waals surface area (Å²) in [6.07, 6.45) is 1.19. The van der Waals surface area contributed by atoms with Gasteiger partial charge in [-0.3, -0.25) is 9.59 Å². The van der Waals surface area contributed by atoms with E-state index in [4.69, 9.17) is 11.6 Å². The molecule has 1 fully saturated rings. The van der Waals surface area contributed by atoms with E-state index in [0.29, 0.717) is 42.2 Å². The Kier molecular flexibility index (Phi) is 5.24. The highest BCUT2D eigenvalue weighted by Gasteiger charge is 2.28. The minimum absolute atomic E-state index is 0.0184. The average Bonchev–Trinajstić information content (AvgIpc) is 2.63. The summed E-state index contributed by atoms with van der Waals surface area (Å²) in [6.45, 7) is 0.984. The van der Waals surface area contributed by atoms with Gasteiger partial charge < -0.3 is 15.3 Å². The van der Waals surface area contributed by atoms with Gasteiger partial charge in [0.05, 0.1) is 5.56 Å². The molecule has 0 unspecified atom stereocenters. The Hall–Kier alpha value is -2.53. The molecule has 5 nitrogen and oxygen atoms in total. The average molecular weight is 359 g/mol. The maximum atomic E-state index is 12.5. The number of nitrogens with zero attached hydrogens (tertiary/aromatic N) is 1. The van der Waals surface area contributed by atoms with Crippen LogP contribution in [0.3, 0.4) is 0 Å². The molecular weight excluding hydrogens is 340 g/mol. The highest BCUT2D eigenvalue weighted by molar-refractivity contribution is 6.30. The van der Waals surface area contributed by atoms with Gasteiger partial charge in [0.25, 0.3) is 5.91 Å². The first-order valence-electron chi connectivity index (χ1n) is 8.18. The van der Waals surface area contributed by atoms with Crippen LogP contribution >= 0.6 is 11.6 Å². The highest BCUT2D eigenvalue weighted by Crippen LogP contribution is 2.24. The number of piperidine rings is 1. The summed E-state index contributed by atoms with van der Waals surface area (Å²) < 4.78 is 0. The number of hydrogen-bond acceptors (Lipinski definition) is 3. The molecule has 2 aromatic carbocycles. The van der Waals surface area contributed by atoms with Crippen LogP contribution in [-0.2, 0) is 4.79 Å². The van der Waals surface area contributed by atoms with Crippen molar-refractivity contribution in [2.45, 2.75) is 12.8 Å². The smallest absolute Gasteiger partial charge is 0.257 e. The monoisotopic (exact) mass is 358 g/mol. The van der Waals surface area contributed by atoms with Gasteiger partial charge in [-0.2, -0.15) is 0 Å². The third kappa shape index (κ3) is 4.12. The van der Waals surface area contributed by atoms with Crippen LogP contribution in [-0.4, -0.2) is 34.9 Å². The third-order valence-corrected chi connectivity index (χ3v) is 4.65. The maximum absolute atomic E-state index is 12.5. The largest absolute Gasteiger partial charge is 0.507 e. The number of rotatable bonds is 3. The molecule has 0 aliphatic carbocycles. The van der Waals surface area contributed by atoms with E-state index in [2.05, 4.69) is 5.32 Å². The first-order valence-corrected chi connectivity index (χ1v) is 8.56. The Morgan fingerprint density at radius 1 is 1.04 bits per heavy atom. The molecule has 6 heteroatoms. The van der Waals surface area contributed by atoms with E-state index in [9.17, 15) is 14.7 Å². The zero-order valence-electron chi connectivity index (χ0n) is 13.6. The van der Waals surface area contributed by atoms with Crippen molar-refractivity contribution in [1.82, 2.24) is 4.90 Å². The number of carbonyl (C=O) groups excluding carboxylic acids is 2. The highest BCUT2D eigenvalue weighted by atomic mass is 35.5. The molecule has 3 rings (SSSR count). The van der Waals surface area contributed by atoms with Crippen molar-refractivity contribution in [1.29, 1.82) is 0 Å². The fourth-order valence-electron chi connectivity index (χ4n) is 2.95. The SMILES string of the molecule is O=C(Nc1ccc(Cl)cc1)C1CCN(C(=O)c2ccccc2O)CC1. The molecule has 2 amide bonds. The number of carbonyl (C=O) groups is 2. The van der Waals surface area contributed by atoms with E-state index in [0.717, 1.165) is 0 Å². The molecule has 1 aliphatic heterocycles. The quantitative estimate of drug-likeness (QED) is 0.881. The Morgan fingerprint density at radius 3 is 2.32 bits per heavy atom. The van der Waals surface area contributed by atoms with Crippen molar-refractivity contribution in [3.63, 3.8) is 0 Å². The summed E-state index contributed by atoms with van der Waals surface area (Å²) in [4.78, 5) is 26.5. The number of nitrogens with one attached hydrogen (secondary N) is 1. The van der Waals surface area contributed by atoms with E-state index in [-0.39, 0.29) is 23.5 Å². The van der Waals surface area contributed by atoms with Crippen LogP contribution in [0.25, 0.3) is 0 Å². The van der Waals surface area contributed by atoms with Crippen molar-refractivity contribution in [3.8, 4) is 5.75 Å². The number of aromatic hydroxyl groups is 1. The summed E-state index contributed by atoms with van der Waals surface area (Å²) in [6, 6.07) is 13.5. The molecule has 1 saturated heterocycles. The lowest BCUT2D eigenvalue weighted by atomic mass is 9.95. The second kappa shape index (κ2) is 7.57. The van der Waals surface area contributed by atoms with Gasteiger partial charge in [0.15, 0.2) is 0 Å². The number of anilines is 1. The second-order valence-corrected chi connectivity index (χ2v) is 6.52. The van der Waals surface area contributed by atoms with Crippen molar-refractivity contribution < 1.29 is 14.7 Å². The summed E-state index contributed by atoms with van der Waals surface area (Å²) in [5, 5.41) is 13.3. The predicted octanol–water partition coefficient (Wildman–Crippen LogP) is 3.54. The molecule has 2 N–H and O–H groups in total. The van der Waals surface area contributed by atoms with Crippen LogP contribution in [0.4, 0.5) is 5.69 Å². The van der Waals surface area contributed by atoms with Gasteiger partial charge in [0.1, 0.15) is 5.75 Å². The normalized spacial score (nSPS) is 15.0. The molecule has 0 atom stereocenters. The molecule has 1 aliphatic rings. The van der Waals surface area contributed by atoms with E-state index in [1.807, 2.05) is 0 Å². The summed E-state index contributed by atoms with van der Waals surface area (Å²) in [5.74, 6) is -0.397. The van der Waals surface area contributed by atoms with E-state index in [1.54, 1.807) is 47.4 Å². The number of amides is 2. The van der Waals surface area contributed by atoms with Crippen LogP contribution < -0.4 is 5.32 Å². The van der Waals surface area contributed by atoms with Gasteiger partial charge in [-0.05, 0) is 49.2 Å². The molecular formula is C19H19ClN2O3. The summed E-state index contributed by atoms with van der Waals surface area (Å²) in [7, 11) is 0. The van der Waals surface area contributed by atoms with Gasteiger partial charge in [-0.1, -0.05) is 23.7 Å². The Morgan fingerprint density at radius 2 is 1.68 bits per heavy atom. The molecule has 0 radical (unpaired) electrons. The number of halogens is 1. The molecule has 0 saturated carbocycles. The first kappa shape index (κ1) is 17.3. The van der Waals surface area contributed by atoms with E-state index < -0.39 is 0 Å². The van der Waals surface area contributed by atoms with Crippen molar-refractivity contribution in [2.75, 3.05) is 18.4 Å². The zero-order chi connectivity index (χ0) is 17.8. The molecule has 25 heavy (non-hydrogen) atoms. The Labute approximate surface area is 151 Å². The second-order valence-electron chi connectivity index (χ2n) is 6.08. The van der Waals surface area contributed by atoms with Crippen LogP contribution in [0.2, 0.25) is 5.02 Å². The fourth-order valence-corrected chi connectivity index (χ4v) is 3.07. The molecule has 1 heterocycles. The number of hydrogen-bond donors (Lipinski definition) is 2. The third-order valence-electron chi connectivity index (χ3n) is 4.40. The van der Waals surface area contributed by atoms with E-state index >= 15 is 0 Å². The molecule has 0 spiro atoms. The van der Waals surface area contributed by atoms with Crippen molar-refractivity contribution in [3.05, 3.63) is 59.1 Å². The van der Waals surface area contributed by atoms with Crippen molar-refractivity contribution >= 4 is 29.1 Å². The molecule has 130 valence electrons. The molecule has 0 aromatic heterocycles. The number of para-hydroxylation sites is 1. The standard InChI is InChI=1S/C19H19ClN2O3/c20-14-5-7-15(8-6-14)21-18(24)13-9-11-22(12-10-13)19(25)16-3-1-2-4-17(16)23/h1-8,13,23H,9-12H2,(H,21,24). The topological polar surface area (TPSA) is 69.6 Å². The molecule has 0 bridgehead atoms. The lowest BCUT2D eigenvalue weighted by Crippen LogP contribution is -2.41. The predicted molar refractivity (Wildman–Crippen MR) is 96.8 cm³/mol. The lowest BCUT2D eigenvalue weighted by Gasteiger charge is -2.31. The zero-order valence-corrected chi connectivity index (χ0v) is 14.4. The first-order chi connectivity index (χ1) is 12.0. The maximum Gasteiger partial charge on any atom is 0.257 e. The fraction of sp³-hybridized carbons (Fsp3) is 0.263. The van der Waals surface area contributed by atoms with Crippen molar-refractivity contribution in [2.24, 2.45) is 5.92 Å². The molecule has 2 aromatic rings. The Balaban J connectivity index is 1.56. The van der Waals surface area contributed by atoms with Gasteiger partial charge in [0.2, 0.25) is 5.91 Å². The van der Waals surface area contributed by atoms with Gasteiger partial charge in [-0.25, -0.2) is 0 Å². The number of likely N-dealkylation sites (tertiary alicyclic amines) is 1. The summed E-state index contributed by atoms with van der Waals surface area (Å²) >= 11 is 5.84. The number of benzene rings is 2. The lowest BCUT2D eigenvalue weighted by molar-refractivity contribution is -0.121. The summed E-state index contributed by atoms with van der Waals surface area (Å²) in [5.41, 5.74) is 1.01. The van der Waals surface area contributed by atoms with Gasteiger partial charge in [-0.15, -0.1) is 0 Å².